The molecule has 5 N–H and O–H groups in total. The maximum Gasteiger partial charge on any atom is 0.325 e. The summed E-state index contributed by atoms with van der Waals surface area (Å²) in [5, 5.41) is 22.9. The molecule has 0 aliphatic carbocycles. The van der Waals surface area contributed by atoms with Crippen molar-refractivity contribution >= 4 is 55.6 Å². The number of aromatic nitrogens is 3. The van der Waals surface area contributed by atoms with Crippen molar-refractivity contribution in [2.45, 2.75) is 13.0 Å². The number of aliphatic hydroxyl groups is 1. The molecule has 4 aromatic rings. The third-order valence-electron chi connectivity index (χ3n) is 4.59. The first-order valence-electron chi connectivity index (χ1n) is 10.2. The van der Waals surface area contributed by atoms with Crippen LogP contribution in [0.4, 0.5) is 25.8 Å². The van der Waals surface area contributed by atoms with Crippen molar-refractivity contribution in [3.63, 3.8) is 0 Å². The normalized spacial score (nSPS) is 11.0. The Morgan fingerprint density at radius 2 is 2.03 bits per heavy atom. The van der Waals surface area contributed by atoms with Crippen molar-refractivity contribution in [3.05, 3.63) is 58.4 Å². The van der Waals surface area contributed by atoms with Crippen molar-refractivity contribution in [1.82, 2.24) is 20.3 Å². The molecule has 0 aliphatic heterocycles. The Bertz CT molecular complexity index is 1230. The molecule has 2 amide bonds. The molecule has 33 heavy (non-hydrogen) atoms. The fourth-order valence-corrected chi connectivity index (χ4v) is 4.67. The molecule has 0 fully saturated rings. The average Bonchev–Trinajstić information content (AvgIpc) is 3.46. The first-order chi connectivity index (χ1) is 16.1. The molecule has 4 rings (SSSR count). The van der Waals surface area contributed by atoms with Crippen LogP contribution in [0.3, 0.4) is 0 Å². The molecule has 0 bridgehead atoms. The largest absolute Gasteiger partial charge is 0.395 e. The van der Waals surface area contributed by atoms with Gasteiger partial charge < -0.3 is 21.1 Å². The maximum absolute atomic E-state index is 13.9. The van der Waals surface area contributed by atoms with Gasteiger partial charge in [-0.1, -0.05) is 0 Å². The average molecular weight is 488 g/mol. The lowest BCUT2D eigenvalue weighted by Crippen LogP contribution is -2.20. The number of rotatable bonds is 10. The number of hydrogen-bond donors (Lipinski definition) is 5. The van der Waals surface area contributed by atoms with Gasteiger partial charge in [0.25, 0.3) is 0 Å². The molecule has 0 saturated heterocycles. The molecule has 12 heteroatoms. The van der Waals surface area contributed by atoms with Crippen LogP contribution in [0.5, 0.6) is 0 Å². The highest BCUT2D eigenvalue weighted by molar-refractivity contribution is 7.17. The molecule has 3 aromatic heterocycles. The zero-order valence-electron chi connectivity index (χ0n) is 17.5. The molecular weight excluding hydrogens is 465 g/mol. The zero-order chi connectivity index (χ0) is 23.0. The highest BCUT2D eigenvalue weighted by atomic mass is 32.1. The number of nitrogens with zero attached hydrogens (tertiary/aromatic N) is 3. The second-order valence-electron chi connectivity index (χ2n) is 6.95. The number of urea groups is 1. The van der Waals surface area contributed by atoms with Gasteiger partial charge in [-0.3, -0.25) is 5.32 Å². The standard InChI is InChI=1S/C21H22FN7O2S2/c22-16-2-1-14(9-13(16)10-23-6-7-30)28-20(31)29-21-25-11-15(33-21)3-5-24-19-18-17(4-8-32-18)26-12-27-19/h1-2,4,8-9,11-12,23,30H,3,5-7,10H2,(H,24,26,27)(H2,25,28,29,31). The van der Waals surface area contributed by atoms with E-state index in [9.17, 15) is 9.18 Å². The highest BCUT2D eigenvalue weighted by Crippen LogP contribution is 2.25. The molecule has 0 aliphatic rings. The van der Waals surface area contributed by atoms with Gasteiger partial charge >= 0.3 is 6.03 Å². The summed E-state index contributed by atoms with van der Waals surface area (Å²) < 4.78 is 14.9. The number of carbonyl (C=O) groups is 1. The number of thiophene rings is 1. The molecular formula is C21H22FN7O2S2. The lowest BCUT2D eigenvalue weighted by molar-refractivity contribution is 0.262. The highest BCUT2D eigenvalue weighted by Gasteiger charge is 2.10. The Morgan fingerprint density at radius 3 is 2.91 bits per heavy atom. The molecule has 3 heterocycles. The van der Waals surface area contributed by atoms with Crippen LogP contribution in [0.2, 0.25) is 0 Å². The van der Waals surface area contributed by atoms with Gasteiger partial charge in [-0.05, 0) is 29.6 Å². The van der Waals surface area contributed by atoms with Crippen molar-refractivity contribution in [1.29, 1.82) is 0 Å². The van der Waals surface area contributed by atoms with Crippen LogP contribution in [0.1, 0.15) is 10.4 Å². The number of carbonyl (C=O) groups excluding carboxylic acids is 1. The third-order valence-corrected chi connectivity index (χ3v) is 6.47. The molecule has 0 spiro atoms. The maximum atomic E-state index is 13.9. The molecule has 0 saturated carbocycles. The second kappa shape index (κ2) is 11.1. The summed E-state index contributed by atoms with van der Waals surface area (Å²) in [4.78, 5) is 26.1. The zero-order valence-corrected chi connectivity index (χ0v) is 19.1. The summed E-state index contributed by atoms with van der Waals surface area (Å²) in [7, 11) is 0. The monoisotopic (exact) mass is 487 g/mol. The molecule has 0 unspecified atom stereocenters. The number of fused-ring (bicyclic) bond motifs is 1. The number of nitrogens with one attached hydrogen (secondary N) is 4. The van der Waals surface area contributed by atoms with E-state index in [1.807, 2.05) is 11.4 Å². The van der Waals surface area contributed by atoms with E-state index >= 15 is 0 Å². The first-order valence-corrected chi connectivity index (χ1v) is 11.9. The summed E-state index contributed by atoms with van der Waals surface area (Å²) >= 11 is 2.98. The smallest absolute Gasteiger partial charge is 0.325 e. The van der Waals surface area contributed by atoms with Gasteiger partial charge in [-0.25, -0.2) is 24.1 Å². The van der Waals surface area contributed by atoms with E-state index in [0.29, 0.717) is 29.5 Å². The fourth-order valence-electron chi connectivity index (χ4n) is 3.05. The predicted octanol–water partition coefficient (Wildman–Crippen LogP) is 3.67. The van der Waals surface area contributed by atoms with E-state index in [1.165, 1.54) is 23.5 Å². The molecule has 9 nitrogen and oxygen atoms in total. The van der Waals surface area contributed by atoms with Crippen LogP contribution in [-0.2, 0) is 13.0 Å². The lowest BCUT2D eigenvalue weighted by Gasteiger charge is -2.09. The summed E-state index contributed by atoms with van der Waals surface area (Å²) in [6.07, 6.45) is 3.99. The lowest BCUT2D eigenvalue weighted by atomic mass is 10.2. The fraction of sp³-hybridized carbons (Fsp3) is 0.238. The van der Waals surface area contributed by atoms with Crippen LogP contribution < -0.4 is 21.3 Å². The molecule has 0 radical (unpaired) electrons. The quantitative estimate of drug-likeness (QED) is 0.216. The second-order valence-corrected chi connectivity index (χ2v) is 8.98. The number of hydrogen-bond acceptors (Lipinski definition) is 9. The SMILES string of the molecule is O=C(Nc1ccc(F)c(CNCCO)c1)Nc1ncc(CCNc2ncnc3ccsc23)s1. The number of halogens is 1. The molecule has 172 valence electrons. The third kappa shape index (κ3) is 6.20. The minimum Gasteiger partial charge on any atom is -0.395 e. The predicted molar refractivity (Wildman–Crippen MR) is 130 cm³/mol. The number of thiazole rings is 1. The van der Waals surface area contributed by atoms with Crippen molar-refractivity contribution in [2.75, 3.05) is 35.6 Å². The van der Waals surface area contributed by atoms with E-state index in [4.69, 9.17) is 5.11 Å². The minimum atomic E-state index is -0.462. The Labute approximate surface area is 197 Å². The Morgan fingerprint density at radius 1 is 1.12 bits per heavy atom. The van der Waals surface area contributed by atoms with Crippen LogP contribution >= 0.6 is 22.7 Å². The van der Waals surface area contributed by atoms with E-state index < -0.39 is 6.03 Å². The number of amides is 2. The number of benzene rings is 1. The summed E-state index contributed by atoms with van der Waals surface area (Å²) in [6, 6.07) is 5.83. The first kappa shape index (κ1) is 23.0. The van der Waals surface area contributed by atoms with Crippen LogP contribution in [0.25, 0.3) is 10.2 Å². The Balaban J connectivity index is 1.27. The Kier molecular flexibility index (Phi) is 7.73. The summed E-state index contributed by atoms with van der Waals surface area (Å²) in [6.45, 7) is 1.24. The Hall–Kier alpha value is -3.19. The van der Waals surface area contributed by atoms with E-state index in [-0.39, 0.29) is 19.0 Å². The summed E-state index contributed by atoms with van der Waals surface area (Å²) in [5.41, 5.74) is 1.77. The van der Waals surface area contributed by atoms with Gasteiger partial charge in [0.2, 0.25) is 0 Å². The van der Waals surface area contributed by atoms with E-state index in [1.54, 1.807) is 29.9 Å². The molecule has 0 atom stereocenters. The number of anilines is 3. The van der Waals surface area contributed by atoms with Gasteiger partial charge in [0.05, 0.1) is 16.8 Å². The van der Waals surface area contributed by atoms with Crippen LogP contribution in [-0.4, -0.2) is 45.8 Å². The van der Waals surface area contributed by atoms with Gasteiger partial charge in [0.15, 0.2) is 5.13 Å². The van der Waals surface area contributed by atoms with Gasteiger partial charge in [0.1, 0.15) is 18.0 Å². The van der Waals surface area contributed by atoms with Crippen molar-refractivity contribution < 1.29 is 14.3 Å². The van der Waals surface area contributed by atoms with E-state index in [2.05, 4.69) is 36.2 Å². The van der Waals surface area contributed by atoms with Crippen LogP contribution in [0.15, 0.2) is 42.2 Å². The van der Waals surface area contributed by atoms with Gasteiger partial charge in [-0.15, -0.1) is 22.7 Å². The van der Waals surface area contributed by atoms with Gasteiger partial charge in [0, 0.05) is 48.4 Å². The van der Waals surface area contributed by atoms with Crippen molar-refractivity contribution in [3.8, 4) is 0 Å². The number of aliphatic hydroxyl groups excluding tert-OH is 1. The summed E-state index contributed by atoms with van der Waals surface area (Å²) in [5.74, 6) is 0.425. The van der Waals surface area contributed by atoms with Crippen LogP contribution in [0, 0.1) is 5.82 Å². The van der Waals surface area contributed by atoms with E-state index in [0.717, 1.165) is 27.3 Å². The van der Waals surface area contributed by atoms with Gasteiger partial charge in [-0.2, -0.15) is 0 Å². The molecule has 1 aromatic carbocycles. The minimum absolute atomic E-state index is 0.0348. The van der Waals surface area contributed by atoms with Crippen molar-refractivity contribution in [2.24, 2.45) is 0 Å². The topological polar surface area (TPSA) is 124 Å².